The van der Waals surface area contributed by atoms with Crippen LogP contribution in [0.4, 0.5) is 0 Å². The number of halogens is 1. The summed E-state index contributed by atoms with van der Waals surface area (Å²) in [6, 6.07) is 5.81. The third kappa shape index (κ3) is 3.29. The summed E-state index contributed by atoms with van der Waals surface area (Å²) in [5.74, 6) is 0. The molecule has 3 N–H and O–H groups in total. The van der Waals surface area contributed by atoms with Gasteiger partial charge in [0.1, 0.15) is 0 Å². The standard InChI is InChI=1S/C11H16ClNO/c1-8-2-3-10(12)6-9(8)7-11(13)4-5-14/h2-3,6,11,14H,4-5,7,13H2,1H3. The van der Waals surface area contributed by atoms with Crippen LogP contribution in [0.5, 0.6) is 0 Å². The molecule has 0 amide bonds. The lowest BCUT2D eigenvalue weighted by molar-refractivity contribution is 0.275. The Bertz CT molecular complexity index is 301. The normalized spacial score (nSPS) is 12.9. The fourth-order valence-corrected chi connectivity index (χ4v) is 1.61. The summed E-state index contributed by atoms with van der Waals surface area (Å²) in [6.45, 7) is 2.18. The molecule has 1 rings (SSSR count). The van der Waals surface area contributed by atoms with E-state index in [4.69, 9.17) is 22.4 Å². The van der Waals surface area contributed by atoms with Gasteiger partial charge in [-0.2, -0.15) is 0 Å². The molecule has 0 bridgehead atoms. The van der Waals surface area contributed by atoms with Gasteiger partial charge in [0.2, 0.25) is 0 Å². The Morgan fingerprint density at radius 1 is 1.50 bits per heavy atom. The Labute approximate surface area is 89.7 Å². The fraction of sp³-hybridized carbons (Fsp3) is 0.455. The first-order chi connectivity index (χ1) is 6.63. The maximum absolute atomic E-state index is 8.73. The highest BCUT2D eigenvalue weighted by Gasteiger charge is 2.06. The van der Waals surface area contributed by atoms with Crippen LogP contribution in [0.2, 0.25) is 5.02 Å². The molecule has 0 saturated carbocycles. The van der Waals surface area contributed by atoms with Crippen LogP contribution in [0.1, 0.15) is 17.5 Å². The molecular weight excluding hydrogens is 198 g/mol. The van der Waals surface area contributed by atoms with E-state index in [2.05, 4.69) is 0 Å². The number of hydrogen-bond donors (Lipinski definition) is 2. The molecule has 1 aromatic carbocycles. The Morgan fingerprint density at radius 3 is 2.86 bits per heavy atom. The van der Waals surface area contributed by atoms with Crippen LogP contribution in [0.3, 0.4) is 0 Å². The van der Waals surface area contributed by atoms with E-state index in [9.17, 15) is 0 Å². The average molecular weight is 214 g/mol. The van der Waals surface area contributed by atoms with E-state index in [0.717, 1.165) is 11.4 Å². The minimum atomic E-state index is 0.0113. The largest absolute Gasteiger partial charge is 0.396 e. The van der Waals surface area contributed by atoms with Gasteiger partial charge in [0.15, 0.2) is 0 Å². The van der Waals surface area contributed by atoms with Crippen molar-refractivity contribution in [2.75, 3.05) is 6.61 Å². The van der Waals surface area contributed by atoms with Gasteiger partial charge in [-0.25, -0.2) is 0 Å². The third-order valence-corrected chi connectivity index (χ3v) is 2.53. The Hall–Kier alpha value is -0.570. The van der Waals surface area contributed by atoms with E-state index in [1.54, 1.807) is 0 Å². The molecule has 1 aromatic rings. The van der Waals surface area contributed by atoms with Gasteiger partial charge in [0.25, 0.3) is 0 Å². The molecule has 0 aliphatic rings. The summed E-state index contributed by atoms with van der Waals surface area (Å²) in [6.07, 6.45) is 1.40. The van der Waals surface area contributed by atoms with Gasteiger partial charge in [0, 0.05) is 17.7 Å². The molecule has 0 heterocycles. The van der Waals surface area contributed by atoms with Gasteiger partial charge in [-0.1, -0.05) is 17.7 Å². The van der Waals surface area contributed by atoms with Crippen molar-refractivity contribution in [2.45, 2.75) is 25.8 Å². The first-order valence-electron chi connectivity index (χ1n) is 4.75. The molecule has 0 saturated heterocycles. The highest BCUT2D eigenvalue weighted by molar-refractivity contribution is 6.30. The van der Waals surface area contributed by atoms with Crippen molar-refractivity contribution in [3.63, 3.8) is 0 Å². The zero-order valence-corrected chi connectivity index (χ0v) is 9.09. The van der Waals surface area contributed by atoms with Crippen LogP contribution in [0.25, 0.3) is 0 Å². The van der Waals surface area contributed by atoms with Crippen LogP contribution in [0, 0.1) is 6.92 Å². The summed E-state index contributed by atoms with van der Waals surface area (Å²) < 4.78 is 0. The van der Waals surface area contributed by atoms with E-state index >= 15 is 0 Å². The second-order valence-corrected chi connectivity index (χ2v) is 3.98. The van der Waals surface area contributed by atoms with Crippen LogP contribution >= 0.6 is 11.6 Å². The lowest BCUT2D eigenvalue weighted by Crippen LogP contribution is -2.24. The fourth-order valence-electron chi connectivity index (χ4n) is 1.41. The van der Waals surface area contributed by atoms with E-state index < -0.39 is 0 Å². The molecule has 0 radical (unpaired) electrons. The van der Waals surface area contributed by atoms with Crippen molar-refractivity contribution in [1.29, 1.82) is 0 Å². The lowest BCUT2D eigenvalue weighted by atomic mass is 10.0. The molecular formula is C11H16ClNO. The lowest BCUT2D eigenvalue weighted by Gasteiger charge is -2.12. The van der Waals surface area contributed by atoms with Gasteiger partial charge in [-0.05, 0) is 43.0 Å². The number of hydrogen-bond acceptors (Lipinski definition) is 2. The van der Waals surface area contributed by atoms with Crippen LogP contribution in [-0.2, 0) is 6.42 Å². The van der Waals surface area contributed by atoms with E-state index in [1.807, 2.05) is 25.1 Å². The minimum absolute atomic E-state index is 0.0113. The molecule has 78 valence electrons. The zero-order chi connectivity index (χ0) is 10.6. The summed E-state index contributed by atoms with van der Waals surface area (Å²) in [7, 11) is 0. The number of benzene rings is 1. The van der Waals surface area contributed by atoms with Crippen molar-refractivity contribution < 1.29 is 5.11 Å². The first kappa shape index (κ1) is 11.5. The van der Waals surface area contributed by atoms with Gasteiger partial charge in [-0.3, -0.25) is 0 Å². The molecule has 0 fully saturated rings. The highest BCUT2D eigenvalue weighted by atomic mass is 35.5. The maximum atomic E-state index is 8.73. The average Bonchev–Trinajstić information content (AvgIpc) is 2.12. The summed E-state index contributed by atoms with van der Waals surface area (Å²) in [5.41, 5.74) is 8.19. The van der Waals surface area contributed by atoms with Crippen LogP contribution < -0.4 is 5.73 Å². The van der Waals surface area contributed by atoms with Crippen molar-refractivity contribution in [3.8, 4) is 0 Å². The predicted molar refractivity (Wildman–Crippen MR) is 59.6 cm³/mol. The number of nitrogens with two attached hydrogens (primary N) is 1. The second kappa shape index (κ2) is 5.35. The number of aryl methyl sites for hydroxylation is 1. The highest BCUT2D eigenvalue weighted by Crippen LogP contribution is 2.17. The Morgan fingerprint density at radius 2 is 2.21 bits per heavy atom. The second-order valence-electron chi connectivity index (χ2n) is 3.55. The zero-order valence-electron chi connectivity index (χ0n) is 8.33. The summed E-state index contributed by atoms with van der Waals surface area (Å²) in [4.78, 5) is 0. The van der Waals surface area contributed by atoms with Crippen LogP contribution in [0.15, 0.2) is 18.2 Å². The summed E-state index contributed by atoms with van der Waals surface area (Å²) >= 11 is 5.89. The predicted octanol–water partition coefficient (Wildman–Crippen LogP) is 1.90. The molecule has 0 spiro atoms. The molecule has 0 aliphatic heterocycles. The monoisotopic (exact) mass is 213 g/mol. The van der Waals surface area contributed by atoms with Crippen molar-refractivity contribution in [2.24, 2.45) is 5.73 Å². The van der Waals surface area contributed by atoms with E-state index in [1.165, 1.54) is 11.1 Å². The quantitative estimate of drug-likeness (QED) is 0.803. The van der Waals surface area contributed by atoms with Gasteiger partial charge < -0.3 is 10.8 Å². The van der Waals surface area contributed by atoms with E-state index in [-0.39, 0.29) is 12.6 Å². The molecule has 14 heavy (non-hydrogen) atoms. The Balaban J connectivity index is 2.70. The SMILES string of the molecule is Cc1ccc(Cl)cc1CC(N)CCO. The molecule has 0 aliphatic carbocycles. The van der Waals surface area contributed by atoms with Gasteiger partial charge >= 0.3 is 0 Å². The smallest absolute Gasteiger partial charge is 0.0445 e. The first-order valence-corrected chi connectivity index (χ1v) is 5.12. The maximum Gasteiger partial charge on any atom is 0.0445 e. The number of rotatable bonds is 4. The van der Waals surface area contributed by atoms with Gasteiger partial charge in [-0.15, -0.1) is 0 Å². The number of aliphatic hydroxyl groups excluding tert-OH is 1. The third-order valence-electron chi connectivity index (χ3n) is 2.29. The Kier molecular flexibility index (Phi) is 4.39. The molecule has 2 nitrogen and oxygen atoms in total. The minimum Gasteiger partial charge on any atom is -0.396 e. The molecule has 1 unspecified atom stereocenters. The summed E-state index contributed by atoms with van der Waals surface area (Å²) in [5, 5.41) is 9.47. The topological polar surface area (TPSA) is 46.2 Å². The molecule has 1 atom stereocenters. The van der Waals surface area contributed by atoms with Crippen LogP contribution in [-0.4, -0.2) is 17.8 Å². The number of aliphatic hydroxyl groups is 1. The molecule has 0 aromatic heterocycles. The molecule has 3 heteroatoms. The van der Waals surface area contributed by atoms with Gasteiger partial charge in [0.05, 0.1) is 0 Å². The van der Waals surface area contributed by atoms with Crippen molar-refractivity contribution >= 4 is 11.6 Å². The van der Waals surface area contributed by atoms with E-state index in [0.29, 0.717) is 6.42 Å². The van der Waals surface area contributed by atoms with Crippen molar-refractivity contribution in [3.05, 3.63) is 34.3 Å². The van der Waals surface area contributed by atoms with Crippen molar-refractivity contribution in [1.82, 2.24) is 0 Å².